The normalized spacial score (nSPS) is 24.5. The average molecular weight is 404 g/mol. The summed E-state index contributed by atoms with van der Waals surface area (Å²) in [4.78, 5) is 2.17. The third kappa shape index (κ3) is 5.14. The van der Waals surface area contributed by atoms with Crippen molar-refractivity contribution < 1.29 is 5.11 Å². The van der Waals surface area contributed by atoms with Crippen molar-refractivity contribution in [1.29, 1.82) is 0 Å². The molecule has 1 fully saturated rings. The zero-order valence-corrected chi connectivity index (χ0v) is 17.5. The van der Waals surface area contributed by atoms with E-state index in [4.69, 9.17) is 23.2 Å². The Hall–Kier alpha value is -1.32. The molecule has 0 bridgehead atoms. The molecule has 2 aromatic rings. The van der Waals surface area contributed by atoms with Crippen LogP contribution in [0.25, 0.3) is 6.08 Å². The van der Waals surface area contributed by atoms with Crippen molar-refractivity contribution in [1.82, 2.24) is 4.90 Å². The summed E-state index contributed by atoms with van der Waals surface area (Å²) in [7, 11) is 4.14. The molecule has 0 aliphatic heterocycles. The lowest BCUT2D eigenvalue weighted by molar-refractivity contribution is -0.0123. The van der Waals surface area contributed by atoms with Crippen LogP contribution in [0.4, 0.5) is 0 Å². The van der Waals surface area contributed by atoms with E-state index < -0.39 is 5.60 Å². The Kier molecular flexibility index (Phi) is 6.65. The van der Waals surface area contributed by atoms with Crippen LogP contribution in [0.15, 0.2) is 54.1 Å². The fraction of sp³-hybridized carbons (Fsp3) is 0.391. The van der Waals surface area contributed by atoms with Gasteiger partial charge in [0.2, 0.25) is 0 Å². The van der Waals surface area contributed by atoms with Gasteiger partial charge in [-0.25, -0.2) is 0 Å². The first-order valence-corrected chi connectivity index (χ1v) is 10.2. The highest BCUT2D eigenvalue weighted by molar-refractivity contribution is 6.30. The van der Waals surface area contributed by atoms with E-state index in [1.807, 2.05) is 48.5 Å². The molecule has 4 heteroatoms. The third-order valence-electron chi connectivity index (χ3n) is 5.41. The molecular weight excluding hydrogens is 377 g/mol. The van der Waals surface area contributed by atoms with Crippen LogP contribution in [-0.4, -0.2) is 36.2 Å². The maximum atomic E-state index is 11.9. The summed E-state index contributed by atoms with van der Waals surface area (Å²) < 4.78 is 0. The van der Waals surface area contributed by atoms with Gasteiger partial charge in [0.15, 0.2) is 0 Å². The van der Waals surface area contributed by atoms with Gasteiger partial charge < -0.3 is 10.0 Å². The van der Waals surface area contributed by atoms with E-state index in [0.717, 1.165) is 52.6 Å². The highest BCUT2D eigenvalue weighted by atomic mass is 35.5. The third-order valence-corrected chi connectivity index (χ3v) is 5.92. The van der Waals surface area contributed by atoms with Gasteiger partial charge in [0.1, 0.15) is 0 Å². The minimum atomic E-state index is -0.865. The van der Waals surface area contributed by atoms with Crippen molar-refractivity contribution in [3.8, 4) is 0 Å². The second kappa shape index (κ2) is 8.79. The van der Waals surface area contributed by atoms with E-state index in [2.05, 4.69) is 25.1 Å². The molecule has 0 radical (unpaired) electrons. The van der Waals surface area contributed by atoms with Gasteiger partial charge in [-0.2, -0.15) is 0 Å². The first-order chi connectivity index (χ1) is 12.9. The standard InChI is InChI=1S/C23H27Cl2NO/c1-26(2)16-20-5-3-4-19(14-17-6-10-21(24)11-7-17)23(20,27)15-18-8-12-22(25)13-9-18/h6-14,20,27H,3-5,15-16H2,1-2H3/b19-14-. The largest absolute Gasteiger partial charge is 0.385 e. The lowest BCUT2D eigenvalue weighted by Crippen LogP contribution is -2.48. The second-order valence-electron chi connectivity index (χ2n) is 7.80. The van der Waals surface area contributed by atoms with Gasteiger partial charge in [0, 0.05) is 28.9 Å². The molecule has 0 heterocycles. The monoisotopic (exact) mass is 403 g/mol. The van der Waals surface area contributed by atoms with Crippen molar-refractivity contribution in [3.63, 3.8) is 0 Å². The highest BCUT2D eigenvalue weighted by Gasteiger charge is 2.42. The van der Waals surface area contributed by atoms with Crippen molar-refractivity contribution in [3.05, 3.63) is 75.3 Å². The smallest absolute Gasteiger partial charge is 0.0940 e. The molecular formula is C23H27Cl2NO. The van der Waals surface area contributed by atoms with Crippen molar-refractivity contribution >= 4 is 29.3 Å². The lowest BCUT2D eigenvalue weighted by atomic mass is 9.68. The predicted octanol–water partition coefficient (Wildman–Crippen LogP) is 5.71. The van der Waals surface area contributed by atoms with Crippen LogP contribution in [0, 0.1) is 5.92 Å². The van der Waals surface area contributed by atoms with Gasteiger partial charge in [-0.05, 0) is 74.3 Å². The van der Waals surface area contributed by atoms with Gasteiger partial charge in [-0.15, -0.1) is 0 Å². The summed E-state index contributed by atoms with van der Waals surface area (Å²) in [5.74, 6) is 0.190. The summed E-state index contributed by atoms with van der Waals surface area (Å²) in [6, 6.07) is 15.6. The summed E-state index contributed by atoms with van der Waals surface area (Å²) in [5.41, 5.74) is 2.43. The number of benzene rings is 2. The summed E-state index contributed by atoms with van der Waals surface area (Å²) in [5, 5.41) is 13.4. The highest BCUT2D eigenvalue weighted by Crippen LogP contribution is 2.42. The molecule has 2 nitrogen and oxygen atoms in total. The van der Waals surface area contributed by atoms with Gasteiger partial charge in [-0.1, -0.05) is 53.5 Å². The SMILES string of the molecule is CN(C)CC1CCC/C(=C/c2ccc(Cl)cc2)C1(O)Cc1ccc(Cl)cc1. The van der Waals surface area contributed by atoms with Crippen LogP contribution in [0.5, 0.6) is 0 Å². The molecule has 144 valence electrons. The van der Waals surface area contributed by atoms with Gasteiger partial charge in [0.25, 0.3) is 0 Å². The lowest BCUT2D eigenvalue weighted by Gasteiger charge is -2.43. The Morgan fingerprint density at radius 3 is 2.22 bits per heavy atom. The molecule has 2 atom stereocenters. The molecule has 1 saturated carbocycles. The van der Waals surface area contributed by atoms with Crippen LogP contribution in [-0.2, 0) is 6.42 Å². The average Bonchev–Trinajstić information content (AvgIpc) is 2.62. The quantitative estimate of drug-likeness (QED) is 0.690. The number of hydrogen-bond donors (Lipinski definition) is 1. The minimum Gasteiger partial charge on any atom is -0.385 e. The molecule has 3 rings (SSSR count). The molecule has 2 unspecified atom stereocenters. The van der Waals surface area contributed by atoms with Crippen LogP contribution in [0.2, 0.25) is 10.0 Å². The van der Waals surface area contributed by atoms with E-state index in [1.54, 1.807) is 0 Å². The molecule has 2 aromatic carbocycles. The van der Waals surface area contributed by atoms with Crippen molar-refractivity contribution in [2.75, 3.05) is 20.6 Å². The molecule has 1 N–H and O–H groups in total. The summed E-state index contributed by atoms with van der Waals surface area (Å²) in [6.07, 6.45) is 5.79. The Bertz CT molecular complexity index is 783. The molecule has 1 aliphatic rings. The van der Waals surface area contributed by atoms with Gasteiger partial charge in [0.05, 0.1) is 5.60 Å². The van der Waals surface area contributed by atoms with Crippen molar-refractivity contribution in [2.24, 2.45) is 5.92 Å². The predicted molar refractivity (Wildman–Crippen MR) is 115 cm³/mol. The van der Waals surface area contributed by atoms with Crippen LogP contribution >= 0.6 is 23.2 Å². The van der Waals surface area contributed by atoms with Gasteiger partial charge in [-0.3, -0.25) is 0 Å². The summed E-state index contributed by atoms with van der Waals surface area (Å²) in [6.45, 7) is 0.863. The minimum absolute atomic E-state index is 0.190. The number of rotatable bonds is 5. The molecule has 27 heavy (non-hydrogen) atoms. The maximum absolute atomic E-state index is 11.9. The fourth-order valence-corrected chi connectivity index (χ4v) is 4.32. The fourth-order valence-electron chi connectivity index (χ4n) is 4.07. The first kappa shape index (κ1) is 20.4. The molecule has 0 aromatic heterocycles. The number of nitrogens with zero attached hydrogens (tertiary/aromatic N) is 1. The van der Waals surface area contributed by atoms with Crippen molar-refractivity contribution in [2.45, 2.75) is 31.3 Å². The zero-order chi connectivity index (χ0) is 19.4. The molecule has 0 saturated heterocycles. The van der Waals surface area contributed by atoms with E-state index in [-0.39, 0.29) is 5.92 Å². The van der Waals surface area contributed by atoms with Crippen LogP contribution in [0.1, 0.15) is 30.4 Å². The van der Waals surface area contributed by atoms with E-state index >= 15 is 0 Å². The summed E-state index contributed by atoms with van der Waals surface area (Å²) >= 11 is 12.1. The Labute approximate surface area is 172 Å². The Morgan fingerprint density at radius 1 is 1.04 bits per heavy atom. The zero-order valence-electron chi connectivity index (χ0n) is 16.0. The molecule has 0 amide bonds. The van der Waals surface area contributed by atoms with Crippen LogP contribution in [0.3, 0.4) is 0 Å². The second-order valence-corrected chi connectivity index (χ2v) is 8.67. The number of hydrogen-bond acceptors (Lipinski definition) is 2. The maximum Gasteiger partial charge on any atom is 0.0940 e. The van der Waals surface area contributed by atoms with Gasteiger partial charge >= 0.3 is 0 Å². The van der Waals surface area contributed by atoms with E-state index in [9.17, 15) is 5.11 Å². The Morgan fingerprint density at radius 2 is 1.63 bits per heavy atom. The van der Waals surface area contributed by atoms with E-state index in [1.165, 1.54) is 0 Å². The first-order valence-electron chi connectivity index (χ1n) is 9.45. The molecule has 1 aliphatic carbocycles. The van der Waals surface area contributed by atoms with E-state index in [0.29, 0.717) is 6.42 Å². The Balaban J connectivity index is 1.97. The van der Waals surface area contributed by atoms with Crippen LogP contribution < -0.4 is 0 Å². The topological polar surface area (TPSA) is 23.5 Å². The molecule has 0 spiro atoms. The number of aliphatic hydroxyl groups is 1. The number of halogens is 2.